The molecule has 0 amide bonds. The Hall–Kier alpha value is -3.30. The Morgan fingerprint density at radius 1 is 1.03 bits per heavy atom. The zero-order valence-corrected chi connectivity index (χ0v) is 19.2. The van der Waals surface area contributed by atoms with E-state index < -0.39 is 0 Å². The topological polar surface area (TPSA) is 59.5 Å². The molecule has 0 fully saturated rings. The van der Waals surface area contributed by atoms with Crippen LogP contribution in [0.3, 0.4) is 0 Å². The van der Waals surface area contributed by atoms with Gasteiger partial charge in [0.05, 0.1) is 19.2 Å². The van der Waals surface area contributed by atoms with E-state index in [9.17, 15) is 0 Å². The van der Waals surface area contributed by atoms with E-state index in [1.54, 1.807) is 7.11 Å². The lowest BCUT2D eigenvalue weighted by Gasteiger charge is -2.21. The first-order chi connectivity index (χ1) is 15.7. The number of anilines is 2. The molecular formula is C26H32N4O2. The molecule has 0 atom stereocenters. The summed E-state index contributed by atoms with van der Waals surface area (Å²) in [5, 5.41) is 4.20. The molecular weight excluding hydrogens is 400 g/mol. The van der Waals surface area contributed by atoms with Crippen LogP contribution < -0.4 is 14.8 Å². The monoisotopic (exact) mass is 432 g/mol. The van der Waals surface area contributed by atoms with Crippen LogP contribution in [0, 0.1) is 12.3 Å². The number of fused-ring (bicyclic) bond motifs is 1. The van der Waals surface area contributed by atoms with E-state index in [0.717, 1.165) is 48.2 Å². The highest BCUT2D eigenvalue weighted by atomic mass is 16.5. The van der Waals surface area contributed by atoms with Gasteiger partial charge >= 0.3 is 0 Å². The van der Waals surface area contributed by atoms with Crippen molar-refractivity contribution in [3.05, 3.63) is 48.3 Å². The Balaban J connectivity index is 1.77. The Bertz CT molecular complexity index is 1060. The van der Waals surface area contributed by atoms with Crippen LogP contribution in [0.25, 0.3) is 10.9 Å². The molecule has 3 rings (SSSR count). The number of terminal acetylenes is 1. The summed E-state index contributed by atoms with van der Waals surface area (Å²) < 4.78 is 11.7. The van der Waals surface area contributed by atoms with Crippen LogP contribution in [0.15, 0.2) is 42.7 Å². The second-order valence-electron chi connectivity index (χ2n) is 7.64. The first-order valence-electron chi connectivity index (χ1n) is 11.2. The van der Waals surface area contributed by atoms with E-state index in [1.165, 1.54) is 19.2 Å². The van der Waals surface area contributed by atoms with Crippen molar-refractivity contribution in [1.29, 1.82) is 0 Å². The predicted molar refractivity (Wildman–Crippen MR) is 131 cm³/mol. The fourth-order valence-electron chi connectivity index (χ4n) is 3.70. The fraction of sp³-hybridized carbons (Fsp3) is 0.385. The maximum Gasteiger partial charge on any atom is 0.162 e. The Labute approximate surface area is 191 Å². The molecule has 1 N–H and O–H groups in total. The number of ether oxygens (including phenoxy) is 2. The summed E-state index contributed by atoms with van der Waals surface area (Å²) in [4.78, 5) is 11.3. The van der Waals surface area contributed by atoms with Crippen LogP contribution in [-0.2, 0) is 0 Å². The molecule has 0 saturated carbocycles. The molecule has 0 aliphatic carbocycles. The Morgan fingerprint density at radius 2 is 1.84 bits per heavy atom. The van der Waals surface area contributed by atoms with Crippen LogP contribution in [0.4, 0.5) is 11.5 Å². The second kappa shape index (κ2) is 11.9. The molecule has 0 saturated heterocycles. The van der Waals surface area contributed by atoms with Crippen molar-refractivity contribution < 1.29 is 9.47 Å². The van der Waals surface area contributed by atoms with E-state index in [1.807, 2.05) is 36.4 Å². The number of methoxy groups -OCH3 is 1. The minimum Gasteiger partial charge on any atom is -0.493 e. The maximum atomic E-state index is 6.12. The molecule has 6 heteroatoms. The third-order valence-electron chi connectivity index (χ3n) is 5.17. The van der Waals surface area contributed by atoms with Gasteiger partial charge in [0.15, 0.2) is 11.5 Å². The van der Waals surface area contributed by atoms with Crippen molar-refractivity contribution in [1.82, 2.24) is 14.9 Å². The summed E-state index contributed by atoms with van der Waals surface area (Å²) in [5.74, 6) is 4.69. The van der Waals surface area contributed by atoms with Crippen LogP contribution in [0.1, 0.15) is 38.7 Å². The van der Waals surface area contributed by atoms with Gasteiger partial charge in [-0.05, 0) is 56.6 Å². The third-order valence-corrected chi connectivity index (χ3v) is 5.17. The normalized spacial score (nSPS) is 10.8. The molecule has 0 unspecified atom stereocenters. The van der Waals surface area contributed by atoms with Gasteiger partial charge in [-0.2, -0.15) is 0 Å². The third kappa shape index (κ3) is 6.12. The fourth-order valence-corrected chi connectivity index (χ4v) is 3.70. The van der Waals surface area contributed by atoms with Crippen LogP contribution in [-0.4, -0.2) is 48.2 Å². The lowest BCUT2D eigenvalue weighted by atomic mass is 10.2. The number of rotatable bonds is 12. The molecule has 0 aliphatic rings. The van der Waals surface area contributed by atoms with E-state index in [2.05, 4.69) is 40.0 Å². The maximum absolute atomic E-state index is 6.12. The van der Waals surface area contributed by atoms with Crippen molar-refractivity contribution >= 4 is 22.4 Å². The molecule has 1 heterocycles. The molecule has 2 aromatic carbocycles. The number of benzene rings is 2. The molecule has 6 nitrogen and oxygen atoms in total. The summed E-state index contributed by atoms with van der Waals surface area (Å²) in [6.45, 7) is 8.33. The summed E-state index contributed by atoms with van der Waals surface area (Å²) in [6, 6.07) is 11.5. The van der Waals surface area contributed by atoms with Gasteiger partial charge in [0.25, 0.3) is 0 Å². The molecule has 3 aromatic rings. The van der Waals surface area contributed by atoms with Gasteiger partial charge in [0.2, 0.25) is 0 Å². The molecule has 168 valence electrons. The van der Waals surface area contributed by atoms with Crippen LogP contribution in [0.2, 0.25) is 0 Å². The Morgan fingerprint density at radius 3 is 2.56 bits per heavy atom. The summed E-state index contributed by atoms with van der Waals surface area (Å²) in [6.07, 6.45) is 10.3. The quantitative estimate of drug-likeness (QED) is 0.311. The van der Waals surface area contributed by atoms with Crippen LogP contribution >= 0.6 is 0 Å². The highest BCUT2D eigenvalue weighted by Gasteiger charge is 2.12. The smallest absolute Gasteiger partial charge is 0.162 e. The molecule has 0 bridgehead atoms. The highest BCUT2D eigenvalue weighted by molar-refractivity contribution is 5.93. The van der Waals surface area contributed by atoms with Crippen molar-refractivity contribution in [3.8, 4) is 23.8 Å². The first-order valence-corrected chi connectivity index (χ1v) is 11.2. The average molecular weight is 433 g/mol. The summed E-state index contributed by atoms with van der Waals surface area (Å²) in [7, 11) is 1.64. The van der Waals surface area contributed by atoms with Crippen molar-refractivity contribution in [3.63, 3.8) is 0 Å². The minimum atomic E-state index is 0.618. The zero-order chi connectivity index (χ0) is 22.8. The van der Waals surface area contributed by atoms with E-state index in [4.69, 9.17) is 15.9 Å². The zero-order valence-electron chi connectivity index (χ0n) is 19.2. The number of hydrogen-bond donors (Lipinski definition) is 1. The number of nitrogens with one attached hydrogen (secondary N) is 1. The summed E-state index contributed by atoms with van der Waals surface area (Å²) >= 11 is 0. The highest BCUT2D eigenvalue weighted by Crippen LogP contribution is 2.34. The predicted octanol–water partition coefficient (Wildman–Crippen LogP) is 5.25. The number of nitrogens with zero attached hydrogens (tertiary/aromatic N) is 3. The molecule has 0 aliphatic heterocycles. The number of hydrogen-bond acceptors (Lipinski definition) is 6. The lowest BCUT2D eigenvalue weighted by Crippen LogP contribution is -2.27. The average Bonchev–Trinajstić information content (AvgIpc) is 2.82. The van der Waals surface area contributed by atoms with E-state index in [-0.39, 0.29) is 0 Å². The SMILES string of the molecule is C#Cc1cccc(Nc2ncnc3cc(OC)c(OCCCN(CCC)CCC)cc23)c1. The minimum absolute atomic E-state index is 0.618. The first kappa shape index (κ1) is 23.4. The van der Waals surface area contributed by atoms with Crippen molar-refractivity contribution in [2.45, 2.75) is 33.1 Å². The van der Waals surface area contributed by atoms with Crippen LogP contribution in [0.5, 0.6) is 11.5 Å². The van der Waals surface area contributed by atoms with Crippen molar-refractivity contribution in [2.75, 3.05) is 38.7 Å². The van der Waals surface area contributed by atoms with Gasteiger partial charge in [0, 0.05) is 29.2 Å². The molecule has 32 heavy (non-hydrogen) atoms. The van der Waals surface area contributed by atoms with Gasteiger partial charge in [-0.1, -0.05) is 25.8 Å². The summed E-state index contributed by atoms with van der Waals surface area (Å²) in [5.41, 5.74) is 2.45. The second-order valence-corrected chi connectivity index (χ2v) is 7.64. The molecule has 1 aromatic heterocycles. The largest absolute Gasteiger partial charge is 0.493 e. The lowest BCUT2D eigenvalue weighted by molar-refractivity contribution is 0.230. The molecule has 0 radical (unpaired) electrons. The van der Waals surface area contributed by atoms with Gasteiger partial charge in [-0.15, -0.1) is 6.42 Å². The van der Waals surface area contributed by atoms with E-state index in [0.29, 0.717) is 23.9 Å². The molecule has 0 spiro atoms. The number of aromatic nitrogens is 2. The van der Waals surface area contributed by atoms with Gasteiger partial charge in [-0.3, -0.25) is 0 Å². The van der Waals surface area contributed by atoms with E-state index >= 15 is 0 Å². The van der Waals surface area contributed by atoms with Crippen molar-refractivity contribution in [2.24, 2.45) is 0 Å². The van der Waals surface area contributed by atoms with Gasteiger partial charge < -0.3 is 19.7 Å². The Kier molecular flexibility index (Phi) is 8.70. The standard InChI is InChI=1S/C26H32N4O2/c1-5-12-30(13-6-2)14-9-15-32-25-17-22-23(18-24(25)31-4)27-19-28-26(22)29-21-11-8-10-20(7-3)16-21/h3,8,10-11,16-19H,5-6,9,12-15H2,1-2,4H3,(H,27,28,29). The van der Waals surface area contributed by atoms with Gasteiger partial charge in [0.1, 0.15) is 12.1 Å². The van der Waals surface area contributed by atoms with Gasteiger partial charge in [-0.25, -0.2) is 9.97 Å².